The quantitative estimate of drug-likeness (QED) is 0.520. The van der Waals surface area contributed by atoms with Gasteiger partial charge in [0.1, 0.15) is 0 Å². The summed E-state index contributed by atoms with van der Waals surface area (Å²) in [5, 5.41) is 8.59. The molecular weight excluding hydrogens is 384 g/mol. The van der Waals surface area contributed by atoms with E-state index in [9.17, 15) is 14.4 Å². The Bertz CT molecular complexity index is 883. The second kappa shape index (κ2) is 11.6. The van der Waals surface area contributed by atoms with E-state index in [0.29, 0.717) is 35.7 Å². The average Bonchev–Trinajstić information content (AvgIpc) is 2.75. The minimum atomic E-state index is -0.265. The minimum absolute atomic E-state index is 0.0186. The molecule has 3 N–H and O–H groups in total. The fourth-order valence-corrected chi connectivity index (χ4v) is 2.67. The van der Waals surface area contributed by atoms with E-state index in [-0.39, 0.29) is 24.3 Å². The molecule has 0 radical (unpaired) electrons. The molecule has 2 rings (SSSR count). The Balaban J connectivity index is 1.88. The largest absolute Gasteiger partial charge is 0.385 e. The molecule has 0 spiro atoms. The van der Waals surface area contributed by atoms with Crippen LogP contribution in [0.4, 0.5) is 11.4 Å². The molecule has 3 amide bonds. The van der Waals surface area contributed by atoms with Crippen molar-refractivity contribution >= 4 is 29.1 Å². The number of nitrogens with one attached hydrogen (secondary N) is 3. The van der Waals surface area contributed by atoms with E-state index >= 15 is 0 Å². The number of anilines is 2. The van der Waals surface area contributed by atoms with Crippen LogP contribution in [0, 0.1) is 0 Å². The number of ether oxygens (including phenoxy) is 1. The van der Waals surface area contributed by atoms with Gasteiger partial charge in [-0.05, 0) is 42.8 Å². The number of carbonyl (C=O) groups excluding carboxylic acids is 3. The molecule has 0 heterocycles. The lowest BCUT2D eigenvalue weighted by Gasteiger charge is -2.12. The lowest BCUT2D eigenvalue weighted by atomic mass is 10.1. The number of methoxy groups -OCH3 is 1. The molecule has 0 aliphatic carbocycles. The first-order chi connectivity index (χ1) is 14.4. The van der Waals surface area contributed by atoms with Gasteiger partial charge in [-0.15, -0.1) is 0 Å². The van der Waals surface area contributed by atoms with Crippen molar-refractivity contribution < 1.29 is 19.1 Å². The number of nitrogens with zero attached hydrogens (tertiary/aromatic N) is 1. The van der Waals surface area contributed by atoms with Crippen LogP contribution < -0.4 is 16.0 Å². The van der Waals surface area contributed by atoms with Gasteiger partial charge in [-0.1, -0.05) is 12.1 Å². The third-order valence-corrected chi connectivity index (χ3v) is 4.19. The number of hydrogen-bond donors (Lipinski definition) is 3. The van der Waals surface area contributed by atoms with Gasteiger partial charge in [-0.2, -0.15) is 0 Å². The van der Waals surface area contributed by atoms with Crippen LogP contribution in [0.2, 0.25) is 0 Å². The summed E-state index contributed by atoms with van der Waals surface area (Å²) in [5.41, 5.74) is 2.20. The highest BCUT2D eigenvalue weighted by molar-refractivity contribution is 5.98. The van der Waals surface area contributed by atoms with Crippen LogP contribution in [-0.2, 0) is 9.53 Å². The molecule has 2 aromatic carbocycles. The Hall–Kier alpha value is -3.39. The van der Waals surface area contributed by atoms with E-state index in [1.807, 2.05) is 0 Å². The van der Waals surface area contributed by atoms with Crippen molar-refractivity contribution in [1.29, 1.82) is 0 Å². The van der Waals surface area contributed by atoms with Gasteiger partial charge in [-0.25, -0.2) is 0 Å². The first-order valence-corrected chi connectivity index (χ1v) is 9.63. The van der Waals surface area contributed by atoms with Crippen LogP contribution in [0.3, 0.4) is 0 Å². The van der Waals surface area contributed by atoms with Gasteiger partial charge >= 0.3 is 0 Å². The summed E-state index contributed by atoms with van der Waals surface area (Å²) >= 11 is 0. The molecule has 30 heavy (non-hydrogen) atoms. The van der Waals surface area contributed by atoms with Crippen molar-refractivity contribution in [3.63, 3.8) is 0 Å². The summed E-state index contributed by atoms with van der Waals surface area (Å²) < 4.78 is 4.96. The molecule has 0 aromatic heterocycles. The maximum absolute atomic E-state index is 12.3. The smallest absolute Gasteiger partial charge is 0.253 e. The summed E-state index contributed by atoms with van der Waals surface area (Å²) in [5.74, 6) is -0.581. The predicted molar refractivity (Wildman–Crippen MR) is 117 cm³/mol. The van der Waals surface area contributed by atoms with Gasteiger partial charge in [-0.3, -0.25) is 14.4 Å². The Morgan fingerprint density at radius 3 is 2.33 bits per heavy atom. The summed E-state index contributed by atoms with van der Waals surface area (Å²) in [6.45, 7) is 1.14. The van der Waals surface area contributed by atoms with Crippen LogP contribution >= 0.6 is 0 Å². The van der Waals surface area contributed by atoms with Crippen molar-refractivity contribution in [1.82, 2.24) is 10.2 Å². The van der Waals surface area contributed by atoms with Crippen LogP contribution in [0.25, 0.3) is 0 Å². The normalized spacial score (nSPS) is 10.2. The van der Waals surface area contributed by atoms with Gasteiger partial charge in [0, 0.05) is 56.9 Å². The van der Waals surface area contributed by atoms with Gasteiger partial charge in [0.2, 0.25) is 5.91 Å². The molecular formula is C22H28N4O4. The Morgan fingerprint density at radius 2 is 1.63 bits per heavy atom. The second-order valence-corrected chi connectivity index (χ2v) is 6.87. The predicted octanol–water partition coefficient (Wildman–Crippen LogP) is 2.21. The van der Waals surface area contributed by atoms with Crippen LogP contribution in [-0.4, -0.2) is 63.5 Å². The number of hydrogen-bond acceptors (Lipinski definition) is 5. The van der Waals surface area contributed by atoms with E-state index in [4.69, 9.17) is 4.74 Å². The molecule has 0 saturated carbocycles. The number of rotatable bonds is 10. The summed E-state index contributed by atoms with van der Waals surface area (Å²) in [6, 6.07) is 13.7. The van der Waals surface area contributed by atoms with Gasteiger partial charge in [0.25, 0.3) is 11.8 Å². The number of amides is 3. The maximum Gasteiger partial charge on any atom is 0.253 e. The topological polar surface area (TPSA) is 99.8 Å². The van der Waals surface area contributed by atoms with E-state index in [0.717, 1.165) is 6.42 Å². The van der Waals surface area contributed by atoms with Gasteiger partial charge in [0.05, 0.1) is 6.54 Å². The molecule has 0 bridgehead atoms. The fourth-order valence-electron chi connectivity index (χ4n) is 2.67. The Labute approximate surface area is 176 Å². The molecule has 0 aliphatic heterocycles. The SMILES string of the molecule is COCCCNC(=O)c1cccc(NCC(=O)Nc2cccc(C(=O)N(C)C)c2)c1. The highest BCUT2D eigenvalue weighted by Crippen LogP contribution is 2.13. The molecule has 0 unspecified atom stereocenters. The van der Waals surface area contributed by atoms with Crippen molar-refractivity contribution in [2.45, 2.75) is 6.42 Å². The van der Waals surface area contributed by atoms with Crippen molar-refractivity contribution in [2.75, 3.05) is 51.5 Å². The van der Waals surface area contributed by atoms with E-state index < -0.39 is 0 Å². The molecule has 160 valence electrons. The Morgan fingerprint density at radius 1 is 0.967 bits per heavy atom. The lowest BCUT2D eigenvalue weighted by Crippen LogP contribution is -2.25. The zero-order chi connectivity index (χ0) is 21.9. The second-order valence-electron chi connectivity index (χ2n) is 6.87. The fraction of sp³-hybridized carbons (Fsp3) is 0.318. The van der Waals surface area contributed by atoms with E-state index in [1.165, 1.54) is 4.90 Å². The zero-order valence-corrected chi connectivity index (χ0v) is 17.5. The highest BCUT2D eigenvalue weighted by Gasteiger charge is 2.10. The maximum atomic E-state index is 12.3. The van der Waals surface area contributed by atoms with Crippen LogP contribution in [0.1, 0.15) is 27.1 Å². The third kappa shape index (κ3) is 7.21. The number of benzene rings is 2. The molecule has 0 saturated heterocycles. The average molecular weight is 412 g/mol. The standard InChI is InChI=1S/C22H28N4O4/c1-26(2)22(29)17-8-5-10-19(14-17)25-20(27)15-24-18-9-4-7-16(13-18)21(28)23-11-6-12-30-3/h4-5,7-10,13-14,24H,6,11-12,15H2,1-3H3,(H,23,28)(H,25,27). The highest BCUT2D eigenvalue weighted by atomic mass is 16.5. The van der Waals surface area contributed by atoms with E-state index in [2.05, 4.69) is 16.0 Å². The molecule has 8 nitrogen and oxygen atoms in total. The summed E-state index contributed by atoms with van der Waals surface area (Å²) in [7, 11) is 4.96. The first kappa shape index (κ1) is 22.9. The van der Waals surface area contributed by atoms with Crippen molar-refractivity contribution in [2.24, 2.45) is 0 Å². The molecule has 0 fully saturated rings. The van der Waals surface area contributed by atoms with Crippen LogP contribution in [0.15, 0.2) is 48.5 Å². The van der Waals surface area contributed by atoms with Gasteiger partial charge in [0.15, 0.2) is 0 Å². The monoisotopic (exact) mass is 412 g/mol. The molecule has 0 atom stereocenters. The molecule has 2 aromatic rings. The third-order valence-electron chi connectivity index (χ3n) is 4.19. The molecule has 0 aliphatic rings. The number of carbonyl (C=O) groups is 3. The van der Waals surface area contributed by atoms with Crippen molar-refractivity contribution in [3.05, 3.63) is 59.7 Å². The zero-order valence-electron chi connectivity index (χ0n) is 17.5. The summed E-state index contributed by atoms with van der Waals surface area (Å²) in [4.78, 5) is 38.0. The Kier molecular flexibility index (Phi) is 8.83. The lowest BCUT2D eigenvalue weighted by molar-refractivity contribution is -0.114. The first-order valence-electron chi connectivity index (χ1n) is 9.63. The van der Waals surface area contributed by atoms with Crippen LogP contribution in [0.5, 0.6) is 0 Å². The van der Waals surface area contributed by atoms with Gasteiger partial charge < -0.3 is 25.6 Å². The van der Waals surface area contributed by atoms with Crippen molar-refractivity contribution in [3.8, 4) is 0 Å². The summed E-state index contributed by atoms with van der Waals surface area (Å²) in [6.07, 6.45) is 0.738. The minimum Gasteiger partial charge on any atom is -0.385 e. The van der Waals surface area contributed by atoms with E-state index in [1.54, 1.807) is 69.7 Å². The molecule has 8 heteroatoms.